The van der Waals surface area contributed by atoms with Crippen LogP contribution >= 0.6 is 15.9 Å². The fourth-order valence-electron chi connectivity index (χ4n) is 3.93. The standard InChI is InChI=1S/C22H28BrN5O2/c1-15(29)30-14-17-4-3-16-13-24-22(26-21(16)20(17)23)25-18-5-7-19(8-6-18)28-11-9-27(2)10-12-28/h3-5,7,16H,6,8-14H2,1-2H3,(H,24,25). The maximum absolute atomic E-state index is 11.1. The van der Waals surface area contributed by atoms with Gasteiger partial charge in [-0.2, -0.15) is 0 Å². The van der Waals surface area contributed by atoms with Crippen molar-refractivity contribution in [3.63, 3.8) is 0 Å². The van der Waals surface area contributed by atoms with E-state index < -0.39 is 0 Å². The van der Waals surface area contributed by atoms with Gasteiger partial charge in [-0.05, 0) is 48.0 Å². The maximum atomic E-state index is 11.1. The molecule has 0 saturated carbocycles. The van der Waals surface area contributed by atoms with E-state index in [9.17, 15) is 4.79 Å². The molecule has 1 N–H and O–H groups in total. The normalized spacial score (nSPS) is 24.5. The zero-order valence-corrected chi connectivity index (χ0v) is 19.1. The lowest BCUT2D eigenvalue weighted by atomic mass is 9.94. The molecule has 0 spiro atoms. The van der Waals surface area contributed by atoms with Crippen LogP contribution in [0.4, 0.5) is 0 Å². The Bertz CT molecular complexity index is 891. The molecule has 30 heavy (non-hydrogen) atoms. The summed E-state index contributed by atoms with van der Waals surface area (Å²) in [6, 6.07) is 0. The zero-order chi connectivity index (χ0) is 21.1. The van der Waals surface area contributed by atoms with Crippen LogP contribution in [0.25, 0.3) is 0 Å². The Morgan fingerprint density at radius 3 is 2.77 bits per heavy atom. The molecule has 1 saturated heterocycles. The Balaban J connectivity index is 1.41. The van der Waals surface area contributed by atoms with Crippen LogP contribution in [0.2, 0.25) is 0 Å². The van der Waals surface area contributed by atoms with Crippen LogP contribution < -0.4 is 5.32 Å². The molecule has 0 aromatic heterocycles. The summed E-state index contributed by atoms with van der Waals surface area (Å²) in [4.78, 5) is 25.4. The van der Waals surface area contributed by atoms with Crippen LogP contribution in [0.1, 0.15) is 19.8 Å². The lowest BCUT2D eigenvalue weighted by Crippen LogP contribution is -2.44. The number of nitrogens with zero attached hydrogens (tertiary/aromatic N) is 4. The molecule has 8 heteroatoms. The first-order valence-corrected chi connectivity index (χ1v) is 11.2. The second-order valence-electron chi connectivity index (χ2n) is 8.01. The van der Waals surface area contributed by atoms with E-state index in [1.807, 2.05) is 6.08 Å². The Hall–Kier alpha value is -2.19. The van der Waals surface area contributed by atoms with Crippen LogP contribution in [0.15, 0.2) is 55.7 Å². The number of halogens is 1. The fourth-order valence-corrected chi connectivity index (χ4v) is 4.56. The number of hydrogen-bond acceptors (Lipinski definition) is 7. The molecular formula is C22H28BrN5O2. The molecule has 0 aromatic carbocycles. The number of likely N-dealkylation sites (N-methyl/N-ethyl adjacent to an activating group) is 1. The number of carbonyl (C=O) groups is 1. The van der Waals surface area contributed by atoms with E-state index >= 15 is 0 Å². The summed E-state index contributed by atoms with van der Waals surface area (Å²) < 4.78 is 6.03. The third-order valence-corrected chi connectivity index (χ3v) is 6.71. The first kappa shape index (κ1) is 21.1. The van der Waals surface area contributed by atoms with E-state index in [0.717, 1.165) is 60.5 Å². The molecule has 1 fully saturated rings. The van der Waals surface area contributed by atoms with Crippen molar-refractivity contribution in [2.75, 3.05) is 46.4 Å². The predicted molar refractivity (Wildman–Crippen MR) is 123 cm³/mol. The SMILES string of the molecule is CC(=O)OCC1=C(Br)C2=NC(NC3=CC=C(N4CCN(C)CC4)CC3)=NCC2C=C1. The molecule has 4 rings (SSSR count). The number of rotatable bonds is 4. The molecule has 1 unspecified atom stereocenters. The van der Waals surface area contributed by atoms with E-state index in [-0.39, 0.29) is 18.5 Å². The summed E-state index contributed by atoms with van der Waals surface area (Å²) in [5, 5.41) is 3.41. The third kappa shape index (κ3) is 4.92. The van der Waals surface area contributed by atoms with E-state index in [1.165, 1.54) is 12.6 Å². The van der Waals surface area contributed by atoms with Crippen LogP contribution in [-0.2, 0) is 9.53 Å². The number of hydrogen-bond donors (Lipinski definition) is 1. The zero-order valence-electron chi connectivity index (χ0n) is 17.5. The van der Waals surface area contributed by atoms with Gasteiger partial charge in [-0.1, -0.05) is 12.2 Å². The smallest absolute Gasteiger partial charge is 0.302 e. The van der Waals surface area contributed by atoms with Gasteiger partial charge in [0.2, 0.25) is 5.96 Å². The van der Waals surface area contributed by atoms with Crippen LogP contribution in [0.5, 0.6) is 0 Å². The number of allylic oxidation sites excluding steroid dienone is 5. The summed E-state index contributed by atoms with van der Waals surface area (Å²) in [5.74, 6) is 0.499. The van der Waals surface area contributed by atoms with Crippen LogP contribution in [0.3, 0.4) is 0 Å². The average Bonchev–Trinajstić information content (AvgIpc) is 2.75. The summed E-state index contributed by atoms with van der Waals surface area (Å²) in [5.41, 5.74) is 4.41. The number of esters is 1. The quantitative estimate of drug-likeness (QED) is 0.635. The number of nitrogens with one attached hydrogen (secondary N) is 1. The third-order valence-electron chi connectivity index (χ3n) is 5.79. The van der Waals surface area contributed by atoms with Crippen molar-refractivity contribution in [2.45, 2.75) is 19.8 Å². The number of ether oxygens (including phenoxy) is 1. The molecule has 0 aromatic rings. The molecule has 0 radical (unpaired) electrons. The molecule has 0 bridgehead atoms. The first-order valence-electron chi connectivity index (χ1n) is 10.4. The fraction of sp³-hybridized carbons (Fsp3) is 0.500. The molecular weight excluding hydrogens is 446 g/mol. The minimum absolute atomic E-state index is 0.148. The molecule has 2 aliphatic carbocycles. The van der Waals surface area contributed by atoms with Crippen molar-refractivity contribution in [3.05, 3.63) is 45.8 Å². The minimum Gasteiger partial charge on any atom is -0.461 e. The number of carbonyl (C=O) groups excluding carboxylic acids is 1. The van der Waals surface area contributed by atoms with Crippen molar-refractivity contribution in [1.29, 1.82) is 0 Å². The van der Waals surface area contributed by atoms with E-state index in [1.54, 1.807) is 0 Å². The molecule has 4 aliphatic rings. The highest BCUT2D eigenvalue weighted by atomic mass is 79.9. The van der Waals surface area contributed by atoms with Crippen molar-refractivity contribution in [3.8, 4) is 0 Å². The Morgan fingerprint density at radius 2 is 2.07 bits per heavy atom. The number of piperazine rings is 1. The second kappa shape index (κ2) is 9.31. The molecule has 0 amide bonds. The van der Waals surface area contributed by atoms with E-state index in [0.29, 0.717) is 12.5 Å². The first-order chi connectivity index (χ1) is 14.5. The summed E-state index contributed by atoms with van der Waals surface area (Å²) in [7, 11) is 2.18. The molecule has 2 heterocycles. The van der Waals surface area contributed by atoms with Crippen molar-refractivity contribution in [1.82, 2.24) is 15.1 Å². The average molecular weight is 474 g/mol. The molecule has 160 valence electrons. The van der Waals surface area contributed by atoms with Gasteiger partial charge in [-0.3, -0.25) is 9.79 Å². The van der Waals surface area contributed by atoms with Gasteiger partial charge in [0.05, 0.1) is 12.3 Å². The van der Waals surface area contributed by atoms with Gasteiger partial charge < -0.3 is 19.9 Å². The van der Waals surface area contributed by atoms with Gasteiger partial charge in [-0.25, -0.2) is 4.99 Å². The van der Waals surface area contributed by atoms with Gasteiger partial charge in [-0.15, -0.1) is 0 Å². The van der Waals surface area contributed by atoms with Gasteiger partial charge in [0, 0.05) is 60.5 Å². The summed E-state index contributed by atoms with van der Waals surface area (Å²) in [6.45, 7) is 6.76. The van der Waals surface area contributed by atoms with Crippen molar-refractivity contribution < 1.29 is 9.53 Å². The topological polar surface area (TPSA) is 69.5 Å². The van der Waals surface area contributed by atoms with Gasteiger partial charge in [0.1, 0.15) is 6.61 Å². The number of fused-ring (bicyclic) bond motifs is 1. The van der Waals surface area contributed by atoms with Crippen LogP contribution in [0, 0.1) is 5.92 Å². The number of aliphatic imine (C=N–C) groups is 2. The van der Waals surface area contributed by atoms with Gasteiger partial charge in [0.25, 0.3) is 0 Å². The highest BCUT2D eigenvalue weighted by Crippen LogP contribution is 2.29. The maximum Gasteiger partial charge on any atom is 0.302 e. The van der Waals surface area contributed by atoms with Crippen LogP contribution in [-0.4, -0.2) is 73.8 Å². The molecule has 7 nitrogen and oxygen atoms in total. The second-order valence-corrected chi connectivity index (χ2v) is 8.80. The Kier molecular flexibility index (Phi) is 6.53. The highest BCUT2D eigenvalue weighted by molar-refractivity contribution is 9.12. The number of guanidine groups is 1. The van der Waals surface area contributed by atoms with Crippen molar-refractivity contribution >= 4 is 33.6 Å². The minimum atomic E-state index is -0.291. The summed E-state index contributed by atoms with van der Waals surface area (Å²) in [6.07, 6.45) is 10.4. The predicted octanol–water partition coefficient (Wildman–Crippen LogP) is 2.59. The molecule has 2 aliphatic heterocycles. The van der Waals surface area contributed by atoms with Gasteiger partial charge >= 0.3 is 5.97 Å². The van der Waals surface area contributed by atoms with E-state index in [4.69, 9.17) is 9.73 Å². The lowest BCUT2D eigenvalue weighted by molar-refractivity contribution is -0.139. The highest BCUT2D eigenvalue weighted by Gasteiger charge is 2.26. The van der Waals surface area contributed by atoms with E-state index in [2.05, 4.69) is 61.3 Å². The lowest BCUT2D eigenvalue weighted by Gasteiger charge is -2.36. The summed E-state index contributed by atoms with van der Waals surface area (Å²) >= 11 is 3.65. The Labute approximate surface area is 186 Å². The molecule has 1 atom stereocenters. The monoisotopic (exact) mass is 473 g/mol. The Morgan fingerprint density at radius 1 is 1.27 bits per heavy atom. The van der Waals surface area contributed by atoms with Crippen molar-refractivity contribution in [2.24, 2.45) is 15.9 Å². The largest absolute Gasteiger partial charge is 0.461 e. The van der Waals surface area contributed by atoms with Gasteiger partial charge in [0.15, 0.2) is 0 Å².